The molecule has 0 atom stereocenters. The van der Waals surface area contributed by atoms with Gasteiger partial charge in [-0.25, -0.2) is 4.98 Å². The second-order valence-corrected chi connectivity index (χ2v) is 4.92. The first-order valence-electron chi connectivity index (χ1n) is 5.85. The number of hydrogen-bond donors (Lipinski definition) is 3. The van der Waals surface area contributed by atoms with Gasteiger partial charge in [0.15, 0.2) is 5.75 Å². The highest BCUT2D eigenvalue weighted by atomic mass is 35.5. The highest BCUT2D eigenvalue weighted by Crippen LogP contribution is 2.34. The van der Waals surface area contributed by atoms with Crippen molar-refractivity contribution in [2.45, 2.75) is 19.9 Å². The molecule has 0 fully saturated rings. The number of H-pyrrole nitrogens is 1. The van der Waals surface area contributed by atoms with Crippen molar-refractivity contribution in [3.05, 3.63) is 32.3 Å². The number of nitrogens with zero attached hydrogens (tertiary/aromatic N) is 1. The Kier molecular flexibility index (Phi) is 4.29. The van der Waals surface area contributed by atoms with E-state index in [4.69, 9.17) is 23.2 Å². The van der Waals surface area contributed by atoms with Crippen molar-refractivity contribution in [3.63, 3.8) is 0 Å². The maximum Gasteiger partial charge on any atom is 0.260 e. The fourth-order valence-corrected chi connectivity index (χ4v) is 2.28. The molecular formula is C12H13Cl2N3O2. The Hall–Kier alpha value is -1.30. The van der Waals surface area contributed by atoms with Gasteiger partial charge in [-0.15, -0.1) is 0 Å². The van der Waals surface area contributed by atoms with Crippen LogP contribution in [0.25, 0.3) is 10.9 Å². The summed E-state index contributed by atoms with van der Waals surface area (Å²) in [6.45, 7) is 3.25. The summed E-state index contributed by atoms with van der Waals surface area (Å²) in [4.78, 5) is 18.8. The molecule has 0 saturated carbocycles. The number of halogens is 2. The first kappa shape index (κ1) is 14.1. The summed E-state index contributed by atoms with van der Waals surface area (Å²) in [6, 6.07) is 1.33. The molecule has 0 bridgehead atoms. The summed E-state index contributed by atoms with van der Waals surface area (Å²) in [6.07, 6.45) is 0.973. The molecule has 0 amide bonds. The predicted molar refractivity (Wildman–Crippen MR) is 76.0 cm³/mol. The molecule has 2 aromatic rings. The fraction of sp³-hybridized carbons (Fsp3) is 0.333. The molecule has 1 aromatic carbocycles. The lowest BCUT2D eigenvalue weighted by Crippen LogP contribution is -2.20. The number of hydrogen-bond acceptors (Lipinski definition) is 4. The Morgan fingerprint density at radius 1 is 1.42 bits per heavy atom. The Morgan fingerprint density at radius 2 is 2.16 bits per heavy atom. The number of aromatic amines is 1. The molecule has 7 heteroatoms. The van der Waals surface area contributed by atoms with Crippen molar-refractivity contribution in [1.29, 1.82) is 0 Å². The highest BCUT2D eigenvalue weighted by Gasteiger charge is 2.14. The topological polar surface area (TPSA) is 78.0 Å². The minimum absolute atomic E-state index is 0.0723. The monoisotopic (exact) mass is 301 g/mol. The zero-order valence-electron chi connectivity index (χ0n) is 10.3. The molecule has 0 spiro atoms. The quantitative estimate of drug-likeness (QED) is 0.758. The van der Waals surface area contributed by atoms with Crippen LogP contribution in [0.1, 0.15) is 19.2 Å². The van der Waals surface area contributed by atoms with Gasteiger partial charge < -0.3 is 15.4 Å². The summed E-state index contributed by atoms with van der Waals surface area (Å²) < 4.78 is 0. The van der Waals surface area contributed by atoms with E-state index in [1.165, 1.54) is 6.07 Å². The van der Waals surface area contributed by atoms with E-state index < -0.39 is 5.56 Å². The maximum absolute atomic E-state index is 12.0. The molecule has 102 valence electrons. The van der Waals surface area contributed by atoms with Gasteiger partial charge in [-0.1, -0.05) is 30.1 Å². The number of benzene rings is 1. The molecule has 0 aliphatic heterocycles. The molecule has 5 nitrogen and oxygen atoms in total. The van der Waals surface area contributed by atoms with E-state index in [9.17, 15) is 9.90 Å². The zero-order valence-corrected chi connectivity index (χ0v) is 11.8. The summed E-state index contributed by atoms with van der Waals surface area (Å²) in [5.41, 5.74) is -0.273. The summed E-state index contributed by atoms with van der Waals surface area (Å²) in [5.74, 6) is 0.198. The van der Waals surface area contributed by atoms with Gasteiger partial charge in [0.05, 0.1) is 22.0 Å². The van der Waals surface area contributed by atoms with Gasteiger partial charge in [-0.3, -0.25) is 4.79 Å². The molecule has 0 unspecified atom stereocenters. The molecule has 3 N–H and O–H groups in total. The lowest BCUT2D eigenvalue weighted by molar-refractivity contribution is 0.480. The molecule has 19 heavy (non-hydrogen) atoms. The lowest BCUT2D eigenvalue weighted by atomic mass is 10.2. The van der Waals surface area contributed by atoms with Gasteiger partial charge in [-0.05, 0) is 19.0 Å². The average Bonchev–Trinajstić information content (AvgIpc) is 2.35. The van der Waals surface area contributed by atoms with E-state index in [0.29, 0.717) is 12.4 Å². The third-order valence-electron chi connectivity index (χ3n) is 2.63. The SMILES string of the molecule is CCCNCc1nc2c(O)c(Cl)cc(Cl)c2c(=O)[nH]1. The third kappa shape index (κ3) is 2.83. The van der Waals surface area contributed by atoms with Crippen LogP contribution in [-0.4, -0.2) is 21.6 Å². The van der Waals surface area contributed by atoms with E-state index in [2.05, 4.69) is 15.3 Å². The largest absolute Gasteiger partial charge is 0.504 e. The molecule has 2 rings (SSSR count). The Bertz CT molecular complexity index is 670. The van der Waals surface area contributed by atoms with Crippen LogP contribution in [-0.2, 0) is 6.54 Å². The molecule has 1 aromatic heterocycles. The molecular weight excluding hydrogens is 289 g/mol. The second-order valence-electron chi connectivity index (χ2n) is 4.10. The number of aromatic hydroxyl groups is 1. The van der Waals surface area contributed by atoms with E-state index in [-0.39, 0.29) is 26.7 Å². The fourth-order valence-electron chi connectivity index (χ4n) is 1.75. The van der Waals surface area contributed by atoms with E-state index in [1.807, 2.05) is 6.92 Å². The van der Waals surface area contributed by atoms with Crippen LogP contribution in [0.5, 0.6) is 5.75 Å². The number of aromatic nitrogens is 2. The molecule has 0 aliphatic rings. The zero-order chi connectivity index (χ0) is 14.0. The first-order valence-corrected chi connectivity index (χ1v) is 6.60. The van der Waals surface area contributed by atoms with Crippen LogP contribution >= 0.6 is 23.2 Å². The molecule has 0 saturated heterocycles. The first-order chi connectivity index (χ1) is 9.04. The number of nitrogens with one attached hydrogen (secondary N) is 2. The van der Waals surface area contributed by atoms with Crippen molar-refractivity contribution >= 4 is 34.1 Å². The highest BCUT2D eigenvalue weighted by molar-refractivity contribution is 6.39. The van der Waals surface area contributed by atoms with Crippen molar-refractivity contribution in [2.75, 3.05) is 6.54 Å². The molecule has 0 aliphatic carbocycles. The summed E-state index contributed by atoms with van der Waals surface area (Å²) in [7, 11) is 0. The van der Waals surface area contributed by atoms with Gasteiger partial charge in [0, 0.05) is 0 Å². The van der Waals surface area contributed by atoms with E-state index >= 15 is 0 Å². The standard InChI is InChI=1S/C12H13Cl2N3O2/c1-2-3-15-5-8-16-10-9(12(19)17-8)6(13)4-7(14)11(10)18/h4,15,18H,2-3,5H2,1H3,(H,16,17,19). The molecule has 1 heterocycles. The van der Waals surface area contributed by atoms with Crippen molar-refractivity contribution in [2.24, 2.45) is 0 Å². The van der Waals surface area contributed by atoms with E-state index in [1.54, 1.807) is 0 Å². The van der Waals surface area contributed by atoms with Crippen LogP contribution in [0.3, 0.4) is 0 Å². The maximum atomic E-state index is 12.0. The van der Waals surface area contributed by atoms with Crippen molar-refractivity contribution in [3.8, 4) is 5.75 Å². The minimum Gasteiger partial charge on any atom is -0.504 e. The number of phenolic OH excluding ortho intramolecular Hbond substituents is 1. The van der Waals surface area contributed by atoms with Crippen LogP contribution in [0, 0.1) is 0 Å². The Balaban J connectivity index is 2.55. The van der Waals surface area contributed by atoms with Gasteiger partial charge in [-0.2, -0.15) is 0 Å². The van der Waals surface area contributed by atoms with E-state index in [0.717, 1.165) is 13.0 Å². The Morgan fingerprint density at radius 3 is 2.84 bits per heavy atom. The van der Waals surface area contributed by atoms with Crippen LogP contribution in [0.15, 0.2) is 10.9 Å². The Labute approximate surface area is 119 Å². The van der Waals surface area contributed by atoms with Crippen LogP contribution < -0.4 is 10.9 Å². The smallest absolute Gasteiger partial charge is 0.260 e. The molecule has 0 radical (unpaired) electrons. The van der Waals surface area contributed by atoms with Gasteiger partial charge >= 0.3 is 0 Å². The number of rotatable bonds is 4. The van der Waals surface area contributed by atoms with Crippen molar-refractivity contribution in [1.82, 2.24) is 15.3 Å². The normalized spacial score (nSPS) is 11.1. The third-order valence-corrected chi connectivity index (χ3v) is 3.22. The van der Waals surface area contributed by atoms with Crippen LogP contribution in [0.2, 0.25) is 10.0 Å². The van der Waals surface area contributed by atoms with Gasteiger partial charge in [0.2, 0.25) is 0 Å². The number of phenols is 1. The lowest BCUT2D eigenvalue weighted by Gasteiger charge is -2.07. The van der Waals surface area contributed by atoms with Crippen molar-refractivity contribution < 1.29 is 5.11 Å². The van der Waals surface area contributed by atoms with Crippen LogP contribution in [0.4, 0.5) is 0 Å². The predicted octanol–water partition coefficient (Wildman–Crippen LogP) is 2.44. The minimum atomic E-state index is -0.393. The summed E-state index contributed by atoms with van der Waals surface area (Å²) in [5, 5.41) is 13.4. The van der Waals surface area contributed by atoms with Gasteiger partial charge in [0.1, 0.15) is 11.3 Å². The van der Waals surface area contributed by atoms with Gasteiger partial charge in [0.25, 0.3) is 5.56 Å². The number of fused-ring (bicyclic) bond motifs is 1. The average molecular weight is 302 g/mol. The summed E-state index contributed by atoms with van der Waals surface area (Å²) >= 11 is 11.8. The second kappa shape index (κ2) is 5.77.